The predicted molar refractivity (Wildman–Crippen MR) is 64.9 cm³/mol. The number of hydrogen-bond acceptors (Lipinski definition) is 6. The van der Waals surface area contributed by atoms with E-state index in [9.17, 15) is 10.1 Å². The molecule has 0 fully saturated rings. The fraction of sp³-hybridized carbons (Fsp3) is 0.222. The van der Waals surface area contributed by atoms with E-state index in [1.165, 1.54) is 0 Å². The monoisotopic (exact) mass is 268 g/mol. The van der Waals surface area contributed by atoms with E-state index in [2.05, 4.69) is 20.4 Å². The van der Waals surface area contributed by atoms with Gasteiger partial charge in [-0.05, 0) is 6.92 Å². The van der Waals surface area contributed by atoms with E-state index in [0.29, 0.717) is 12.4 Å². The van der Waals surface area contributed by atoms with Crippen molar-refractivity contribution in [1.82, 2.24) is 19.7 Å². The van der Waals surface area contributed by atoms with Crippen LogP contribution in [0.15, 0.2) is 18.6 Å². The van der Waals surface area contributed by atoms with Crippen LogP contribution in [0, 0.1) is 10.1 Å². The fourth-order valence-electron chi connectivity index (χ4n) is 1.34. The maximum absolute atomic E-state index is 10.9. The summed E-state index contributed by atoms with van der Waals surface area (Å²) in [6, 6.07) is 1.68. The van der Waals surface area contributed by atoms with E-state index in [1.807, 2.05) is 6.92 Å². The number of anilines is 2. The van der Waals surface area contributed by atoms with Crippen LogP contribution < -0.4 is 5.32 Å². The molecule has 8 nitrogen and oxygen atoms in total. The second-order valence-corrected chi connectivity index (χ2v) is 3.66. The maximum atomic E-state index is 10.9. The number of hydrogen-bond donors (Lipinski definition) is 1. The van der Waals surface area contributed by atoms with Gasteiger partial charge in [-0.2, -0.15) is 5.10 Å². The Labute approximate surface area is 107 Å². The lowest BCUT2D eigenvalue weighted by molar-refractivity contribution is -0.384. The molecule has 2 heterocycles. The quantitative estimate of drug-likeness (QED) is 0.517. The highest BCUT2D eigenvalue weighted by molar-refractivity contribution is 6.31. The van der Waals surface area contributed by atoms with Crippen LogP contribution in [0.25, 0.3) is 0 Å². The second-order valence-electron chi connectivity index (χ2n) is 3.30. The van der Waals surface area contributed by atoms with Crippen molar-refractivity contribution in [2.75, 3.05) is 5.32 Å². The summed E-state index contributed by atoms with van der Waals surface area (Å²) < 4.78 is 1.68. The Hall–Kier alpha value is -2.22. The minimum Gasteiger partial charge on any atom is -0.318 e. The van der Waals surface area contributed by atoms with Gasteiger partial charge < -0.3 is 5.32 Å². The topological polar surface area (TPSA) is 98.8 Å². The van der Waals surface area contributed by atoms with Gasteiger partial charge in [-0.1, -0.05) is 11.6 Å². The first-order valence-electron chi connectivity index (χ1n) is 5.07. The van der Waals surface area contributed by atoms with Gasteiger partial charge >= 0.3 is 5.69 Å². The molecule has 0 spiro atoms. The molecule has 0 aromatic carbocycles. The highest BCUT2D eigenvalue weighted by Gasteiger charge is 2.21. The average molecular weight is 269 g/mol. The first-order valence-corrected chi connectivity index (χ1v) is 5.45. The van der Waals surface area contributed by atoms with E-state index in [4.69, 9.17) is 11.6 Å². The van der Waals surface area contributed by atoms with Crippen LogP contribution in [0.2, 0.25) is 5.15 Å². The molecule has 0 saturated carbocycles. The van der Waals surface area contributed by atoms with Gasteiger partial charge in [0.25, 0.3) is 0 Å². The zero-order valence-electron chi connectivity index (χ0n) is 9.37. The molecule has 2 aromatic heterocycles. The molecule has 0 radical (unpaired) electrons. The van der Waals surface area contributed by atoms with Crippen molar-refractivity contribution >= 4 is 28.9 Å². The average Bonchev–Trinajstić information content (AvgIpc) is 2.76. The van der Waals surface area contributed by atoms with Crippen LogP contribution in [0.4, 0.5) is 17.3 Å². The summed E-state index contributed by atoms with van der Waals surface area (Å²) >= 11 is 5.66. The highest BCUT2D eigenvalue weighted by atomic mass is 35.5. The zero-order valence-corrected chi connectivity index (χ0v) is 10.1. The van der Waals surface area contributed by atoms with Gasteiger partial charge in [-0.3, -0.25) is 14.8 Å². The summed E-state index contributed by atoms with van der Waals surface area (Å²) in [4.78, 5) is 17.6. The van der Waals surface area contributed by atoms with E-state index in [0.717, 1.165) is 6.33 Å². The summed E-state index contributed by atoms with van der Waals surface area (Å²) in [5, 5.41) is 17.5. The maximum Gasteiger partial charge on any atom is 0.348 e. The van der Waals surface area contributed by atoms with E-state index in [-0.39, 0.29) is 16.7 Å². The van der Waals surface area contributed by atoms with Crippen molar-refractivity contribution in [3.63, 3.8) is 0 Å². The Bertz CT molecular complexity index is 584. The molecule has 0 amide bonds. The SMILES string of the molecule is CCn1ccc(Nc2ncnc(Cl)c2[N+](=O)[O-])n1. The normalized spacial score (nSPS) is 10.3. The Balaban J connectivity index is 2.34. The van der Waals surface area contributed by atoms with E-state index < -0.39 is 4.92 Å². The van der Waals surface area contributed by atoms with Gasteiger partial charge in [0, 0.05) is 18.8 Å². The van der Waals surface area contributed by atoms with Gasteiger partial charge in [-0.25, -0.2) is 9.97 Å². The molecule has 0 aliphatic heterocycles. The third kappa shape index (κ3) is 2.38. The first kappa shape index (κ1) is 12.2. The number of nitro groups is 1. The van der Waals surface area contributed by atoms with Crippen molar-refractivity contribution in [2.24, 2.45) is 0 Å². The third-order valence-electron chi connectivity index (χ3n) is 2.17. The standard InChI is InChI=1S/C9H9ClN6O2/c1-2-15-4-3-6(14-15)13-9-7(16(17)18)8(10)11-5-12-9/h3-5H,2H2,1H3,(H,11,12,13,14). The lowest BCUT2D eigenvalue weighted by Gasteiger charge is -2.03. The number of aryl methyl sites for hydroxylation is 1. The van der Waals surface area contributed by atoms with Crippen LogP contribution in [-0.4, -0.2) is 24.7 Å². The van der Waals surface area contributed by atoms with E-state index in [1.54, 1.807) is 16.9 Å². The molecule has 2 aromatic rings. The van der Waals surface area contributed by atoms with Crippen molar-refractivity contribution in [3.8, 4) is 0 Å². The minimum absolute atomic E-state index is 0.0151. The third-order valence-corrected chi connectivity index (χ3v) is 2.45. The molecule has 1 N–H and O–H groups in total. The largest absolute Gasteiger partial charge is 0.348 e. The van der Waals surface area contributed by atoms with Crippen LogP contribution >= 0.6 is 11.6 Å². The molecule has 0 bridgehead atoms. The lowest BCUT2D eigenvalue weighted by Crippen LogP contribution is -2.03. The van der Waals surface area contributed by atoms with Gasteiger partial charge in [0.1, 0.15) is 6.33 Å². The number of aromatic nitrogens is 4. The molecule has 9 heteroatoms. The lowest BCUT2D eigenvalue weighted by atomic mass is 10.4. The minimum atomic E-state index is -0.637. The summed E-state index contributed by atoms with van der Waals surface area (Å²) in [6.45, 7) is 2.63. The van der Waals surface area contributed by atoms with Crippen LogP contribution in [0.1, 0.15) is 6.92 Å². The smallest absolute Gasteiger partial charge is 0.318 e. The number of halogens is 1. The summed E-state index contributed by atoms with van der Waals surface area (Å²) in [5.41, 5.74) is -0.370. The molecule has 0 unspecified atom stereocenters. The Morgan fingerprint density at radius 3 is 2.94 bits per heavy atom. The molecule has 0 aliphatic rings. The van der Waals surface area contributed by atoms with Crippen molar-refractivity contribution in [2.45, 2.75) is 13.5 Å². The van der Waals surface area contributed by atoms with Crippen molar-refractivity contribution < 1.29 is 4.92 Å². The van der Waals surface area contributed by atoms with Crippen LogP contribution in [-0.2, 0) is 6.54 Å². The Morgan fingerprint density at radius 1 is 1.56 bits per heavy atom. The molecule has 0 saturated heterocycles. The summed E-state index contributed by atoms with van der Waals surface area (Å²) in [6.07, 6.45) is 2.89. The van der Waals surface area contributed by atoms with Gasteiger partial charge in [0.15, 0.2) is 5.82 Å². The molecular weight excluding hydrogens is 260 g/mol. The Morgan fingerprint density at radius 2 is 2.33 bits per heavy atom. The summed E-state index contributed by atoms with van der Waals surface area (Å²) in [7, 11) is 0. The number of rotatable bonds is 4. The molecular formula is C9H9ClN6O2. The fourth-order valence-corrected chi connectivity index (χ4v) is 1.54. The highest BCUT2D eigenvalue weighted by Crippen LogP contribution is 2.29. The van der Waals surface area contributed by atoms with Crippen molar-refractivity contribution in [3.05, 3.63) is 33.9 Å². The first-order chi connectivity index (χ1) is 8.61. The molecule has 18 heavy (non-hydrogen) atoms. The molecule has 94 valence electrons. The predicted octanol–water partition coefficient (Wildman–Crippen LogP) is 2.00. The van der Waals surface area contributed by atoms with Crippen LogP contribution in [0.3, 0.4) is 0 Å². The van der Waals surface area contributed by atoms with Crippen LogP contribution in [0.5, 0.6) is 0 Å². The molecule has 2 rings (SSSR count). The molecule has 0 aliphatic carbocycles. The zero-order chi connectivity index (χ0) is 13.1. The second kappa shape index (κ2) is 4.96. The van der Waals surface area contributed by atoms with E-state index >= 15 is 0 Å². The van der Waals surface area contributed by atoms with Gasteiger partial charge in [0.2, 0.25) is 11.0 Å². The van der Waals surface area contributed by atoms with Gasteiger partial charge in [-0.15, -0.1) is 0 Å². The number of nitrogens with one attached hydrogen (secondary N) is 1. The summed E-state index contributed by atoms with van der Waals surface area (Å²) in [5.74, 6) is 0.469. The number of nitrogens with zero attached hydrogens (tertiary/aromatic N) is 5. The molecule has 0 atom stereocenters. The van der Waals surface area contributed by atoms with Crippen molar-refractivity contribution in [1.29, 1.82) is 0 Å². The van der Waals surface area contributed by atoms with Gasteiger partial charge in [0.05, 0.1) is 4.92 Å². The Kier molecular flexibility index (Phi) is 3.38.